The summed E-state index contributed by atoms with van der Waals surface area (Å²) in [6.07, 6.45) is 1.50. The Labute approximate surface area is 69.5 Å². The minimum Gasteiger partial charge on any atom is -0.399 e. The fourth-order valence-electron chi connectivity index (χ4n) is 1.16. The molecule has 1 aromatic heterocycles. The van der Waals surface area contributed by atoms with E-state index in [1.165, 1.54) is 6.20 Å². The summed E-state index contributed by atoms with van der Waals surface area (Å²) >= 11 is 0. The maximum absolute atomic E-state index is 11.2. The number of benzene rings is 1. The van der Waals surface area contributed by atoms with Gasteiger partial charge in [-0.25, -0.2) is 4.98 Å². The van der Waals surface area contributed by atoms with E-state index in [-0.39, 0.29) is 5.88 Å². The molecule has 0 aliphatic rings. The first-order valence-corrected chi connectivity index (χ1v) is 3.58. The van der Waals surface area contributed by atoms with Gasteiger partial charge >= 0.3 is 0 Å². The number of anilines is 1. The van der Waals surface area contributed by atoms with Crippen LogP contribution >= 0.6 is 0 Å². The fraction of sp³-hybridized carbons (Fsp3) is 0. The van der Waals surface area contributed by atoms with Crippen LogP contribution in [-0.2, 0) is 5.11 Å². The fourth-order valence-corrected chi connectivity index (χ4v) is 1.16. The molecule has 1 radical (unpaired) electrons. The van der Waals surface area contributed by atoms with Gasteiger partial charge < -0.3 is 5.73 Å². The summed E-state index contributed by atoms with van der Waals surface area (Å²) in [4.78, 5) is 3.64. The highest BCUT2D eigenvalue weighted by Gasteiger charge is 2.01. The number of hydrogen-bond acceptors (Lipinski definition) is 2. The molecule has 59 valence electrons. The van der Waals surface area contributed by atoms with Gasteiger partial charge in [0.15, 0.2) is 0 Å². The molecule has 2 N–H and O–H groups in total. The summed E-state index contributed by atoms with van der Waals surface area (Å²) < 4.78 is 0. The lowest BCUT2D eigenvalue weighted by Crippen LogP contribution is -1.84. The van der Waals surface area contributed by atoms with Crippen LogP contribution in [0.1, 0.15) is 0 Å². The zero-order chi connectivity index (χ0) is 8.55. The first-order chi connectivity index (χ1) is 5.77. The van der Waals surface area contributed by atoms with Crippen molar-refractivity contribution in [2.45, 2.75) is 0 Å². The van der Waals surface area contributed by atoms with E-state index >= 15 is 0 Å². The van der Waals surface area contributed by atoms with Crippen molar-refractivity contribution in [3.8, 4) is 5.88 Å². The molecule has 0 aliphatic carbocycles. The quantitative estimate of drug-likeness (QED) is 0.597. The molecule has 0 saturated heterocycles. The van der Waals surface area contributed by atoms with Gasteiger partial charge in [-0.15, -0.1) is 0 Å². The Balaban J connectivity index is 2.88. The maximum Gasteiger partial charge on any atom is 0.277 e. The molecule has 0 amide bonds. The van der Waals surface area contributed by atoms with Crippen LogP contribution in [0.3, 0.4) is 0 Å². The van der Waals surface area contributed by atoms with Gasteiger partial charge in [-0.1, -0.05) is 6.07 Å². The Morgan fingerprint density at radius 2 is 2.08 bits per heavy atom. The van der Waals surface area contributed by atoms with Crippen LogP contribution in [0.5, 0.6) is 5.88 Å². The van der Waals surface area contributed by atoms with E-state index in [1.54, 1.807) is 18.2 Å². The molecule has 3 nitrogen and oxygen atoms in total. The highest BCUT2D eigenvalue weighted by Crippen LogP contribution is 2.23. The number of aromatic nitrogens is 1. The Morgan fingerprint density at radius 3 is 2.92 bits per heavy atom. The average Bonchev–Trinajstić information content (AvgIpc) is 2.07. The zero-order valence-electron chi connectivity index (χ0n) is 6.32. The minimum atomic E-state index is -0.222. The Hall–Kier alpha value is -1.77. The van der Waals surface area contributed by atoms with E-state index in [2.05, 4.69) is 4.98 Å². The van der Waals surface area contributed by atoms with Crippen LogP contribution in [0.2, 0.25) is 0 Å². The molecule has 0 aliphatic heterocycles. The number of hydrogen-bond donors (Lipinski definition) is 1. The zero-order valence-corrected chi connectivity index (χ0v) is 6.32. The molecule has 0 bridgehead atoms. The van der Waals surface area contributed by atoms with Crippen molar-refractivity contribution in [3.63, 3.8) is 0 Å². The maximum atomic E-state index is 11.2. The van der Waals surface area contributed by atoms with Gasteiger partial charge in [0.2, 0.25) is 0 Å². The van der Waals surface area contributed by atoms with Gasteiger partial charge in [0, 0.05) is 11.9 Å². The van der Waals surface area contributed by atoms with Crippen LogP contribution in [0.25, 0.3) is 10.8 Å². The van der Waals surface area contributed by atoms with Crippen molar-refractivity contribution >= 4 is 16.5 Å². The lowest BCUT2D eigenvalue weighted by molar-refractivity contribution is 0.343. The van der Waals surface area contributed by atoms with Crippen molar-refractivity contribution in [3.05, 3.63) is 30.5 Å². The number of pyridine rings is 1. The number of nitrogen functional groups attached to an aromatic ring is 1. The van der Waals surface area contributed by atoms with Gasteiger partial charge in [0.25, 0.3) is 5.88 Å². The Bertz CT molecular complexity index is 426. The average molecular weight is 159 g/mol. The minimum absolute atomic E-state index is 0.222. The largest absolute Gasteiger partial charge is 0.399 e. The summed E-state index contributed by atoms with van der Waals surface area (Å²) in [6.45, 7) is 0. The predicted octanol–water partition coefficient (Wildman–Crippen LogP) is 1.96. The molecular weight excluding hydrogens is 152 g/mol. The second kappa shape index (κ2) is 2.37. The molecule has 1 heterocycles. The number of nitrogens with zero attached hydrogens (tertiary/aromatic N) is 1. The Morgan fingerprint density at radius 1 is 1.25 bits per heavy atom. The Kier molecular flexibility index (Phi) is 1.37. The monoisotopic (exact) mass is 159 g/mol. The number of nitrogens with two attached hydrogens (primary N) is 1. The molecule has 2 rings (SSSR count). The molecule has 12 heavy (non-hydrogen) atoms. The predicted molar refractivity (Wildman–Crippen MR) is 46.3 cm³/mol. The third-order valence-corrected chi connectivity index (χ3v) is 1.75. The standard InChI is InChI=1S/C9H7N2O/c10-7-2-1-6-3-4-11-9(12)8(6)5-7/h1-5H,10H2. The molecule has 0 spiro atoms. The first-order valence-electron chi connectivity index (χ1n) is 3.58. The third-order valence-electron chi connectivity index (χ3n) is 1.75. The smallest absolute Gasteiger partial charge is 0.277 e. The normalized spacial score (nSPS) is 10.3. The summed E-state index contributed by atoms with van der Waals surface area (Å²) in [7, 11) is 0. The van der Waals surface area contributed by atoms with E-state index in [9.17, 15) is 5.11 Å². The summed E-state index contributed by atoms with van der Waals surface area (Å²) in [5, 5.41) is 12.6. The van der Waals surface area contributed by atoms with E-state index in [0.29, 0.717) is 11.1 Å². The summed E-state index contributed by atoms with van der Waals surface area (Å²) in [5.41, 5.74) is 6.12. The van der Waals surface area contributed by atoms with Crippen LogP contribution in [0.15, 0.2) is 30.5 Å². The van der Waals surface area contributed by atoms with Crippen molar-refractivity contribution in [2.75, 3.05) is 5.73 Å². The lowest BCUT2D eigenvalue weighted by Gasteiger charge is -1.97. The lowest BCUT2D eigenvalue weighted by atomic mass is 10.1. The van der Waals surface area contributed by atoms with Crippen LogP contribution in [0, 0.1) is 0 Å². The van der Waals surface area contributed by atoms with Crippen molar-refractivity contribution in [1.82, 2.24) is 4.98 Å². The van der Waals surface area contributed by atoms with E-state index in [4.69, 9.17) is 5.73 Å². The van der Waals surface area contributed by atoms with Crippen molar-refractivity contribution < 1.29 is 5.11 Å². The third kappa shape index (κ3) is 0.955. The molecule has 1 aromatic carbocycles. The highest BCUT2D eigenvalue weighted by molar-refractivity contribution is 5.88. The van der Waals surface area contributed by atoms with E-state index in [1.807, 2.05) is 6.07 Å². The van der Waals surface area contributed by atoms with Gasteiger partial charge in [0.1, 0.15) is 0 Å². The molecule has 0 atom stereocenters. The van der Waals surface area contributed by atoms with Gasteiger partial charge in [-0.3, -0.25) is 5.11 Å². The molecular formula is C9H7N2O. The van der Waals surface area contributed by atoms with Gasteiger partial charge in [0.05, 0.1) is 5.39 Å². The first kappa shape index (κ1) is 6.91. The van der Waals surface area contributed by atoms with Crippen LogP contribution in [0.4, 0.5) is 5.69 Å². The van der Waals surface area contributed by atoms with Gasteiger partial charge in [-0.2, -0.15) is 0 Å². The molecule has 0 saturated carbocycles. The molecule has 0 unspecified atom stereocenters. The van der Waals surface area contributed by atoms with E-state index < -0.39 is 0 Å². The highest BCUT2D eigenvalue weighted by atomic mass is 16.3. The number of rotatable bonds is 0. The second-order valence-electron chi connectivity index (χ2n) is 2.60. The number of fused-ring (bicyclic) bond motifs is 1. The van der Waals surface area contributed by atoms with E-state index in [0.717, 1.165) is 5.39 Å². The van der Waals surface area contributed by atoms with Crippen LogP contribution < -0.4 is 5.73 Å². The topological polar surface area (TPSA) is 58.8 Å². The second-order valence-corrected chi connectivity index (χ2v) is 2.60. The van der Waals surface area contributed by atoms with Crippen LogP contribution in [-0.4, -0.2) is 4.98 Å². The van der Waals surface area contributed by atoms with Gasteiger partial charge in [-0.05, 0) is 23.6 Å². The SMILES string of the molecule is Nc1ccc2ccnc([O])c2c1. The summed E-state index contributed by atoms with van der Waals surface area (Å²) in [5.74, 6) is -0.222. The van der Waals surface area contributed by atoms with Crippen molar-refractivity contribution in [1.29, 1.82) is 0 Å². The molecule has 2 aromatic rings. The molecule has 0 fully saturated rings. The molecule has 3 heteroatoms. The van der Waals surface area contributed by atoms with Crippen molar-refractivity contribution in [2.24, 2.45) is 0 Å². The summed E-state index contributed by atoms with van der Waals surface area (Å²) in [6, 6.07) is 7.01.